The number of nitrogens with zero attached hydrogens (tertiary/aromatic N) is 2. The summed E-state index contributed by atoms with van der Waals surface area (Å²) >= 11 is 0. The highest BCUT2D eigenvalue weighted by Gasteiger charge is 2.27. The summed E-state index contributed by atoms with van der Waals surface area (Å²) in [7, 11) is 0. The molecule has 0 unspecified atom stereocenters. The molecule has 1 amide bonds. The maximum Gasteiger partial charge on any atom is 0.256 e. The number of aryl methyl sites for hydroxylation is 1. The molecule has 0 bridgehead atoms. The van der Waals surface area contributed by atoms with Crippen LogP contribution in [0.5, 0.6) is 0 Å². The van der Waals surface area contributed by atoms with E-state index in [4.69, 9.17) is 5.73 Å². The van der Waals surface area contributed by atoms with Gasteiger partial charge in [-0.2, -0.15) is 0 Å². The molecule has 1 saturated carbocycles. The number of amides is 1. The Morgan fingerprint density at radius 1 is 1.58 bits per heavy atom. The quantitative estimate of drug-likeness (QED) is 0.845. The lowest BCUT2D eigenvalue weighted by molar-refractivity contribution is 0.0705. The topological polar surface area (TPSA) is 59.2 Å². The van der Waals surface area contributed by atoms with Crippen molar-refractivity contribution in [3.8, 4) is 0 Å². The molecule has 1 fully saturated rings. The van der Waals surface area contributed by atoms with Gasteiger partial charge in [-0.1, -0.05) is 18.9 Å². The van der Waals surface area contributed by atoms with E-state index >= 15 is 0 Å². The molecule has 1 aromatic rings. The van der Waals surface area contributed by atoms with Crippen LogP contribution in [0.15, 0.2) is 24.9 Å². The van der Waals surface area contributed by atoms with Crippen LogP contribution < -0.4 is 5.73 Å². The first kappa shape index (κ1) is 13.6. The minimum atomic E-state index is 0.0177. The number of carbonyl (C=O) groups is 1. The molecular formula is C15H21N3O. The average Bonchev–Trinajstić information content (AvgIpc) is 2.92. The molecule has 1 aliphatic rings. The maximum absolute atomic E-state index is 12.7. The van der Waals surface area contributed by atoms with Crippen LogP contribution in [0.2, 0.25) is 0 Å². The fraction of sp³-hybridized carbons (Fsp3) is 0.467. The molecule has 0 radical (unpaired) electrons. The molecule has 0 atom stereocenters. The Balaban J connectivity index is 2.27. The highest BCUT2D eigenvalue weighted by atomic mass is 16.2. The maximum atomic E-state index is 12.7. The number of pyridine rings is 1. The molecule has 0 aliphatic heterocycles. The van der Waals surface area contributed by atoms with Crippen LogP contribution >= 0.6 is 0 Å². The molecule has 0 spiro atoms. The van der Waals surface area contributed by atoms with Crippen LogP contribution in [0.1, 0.15) is 41.7 Å². The van der Waals surface area contributed by atoms with Crippen molar-refractivity contribution in [2.75, 3.05) is 12.3 Å². The lowest BCUT2D eigenvalue weighted by atomic mass is 10.1. The third-order valence-electron chi connectivity index (χ3n) is 3.69. The van der Waals surface area contributed by atoms with Crippen molar-refractivity contribution in [3.05, 3.63) is 36.2 Å². The lowest BCUT2D eigenvalue weighted by Gasteiger charge is -2.28. The molecule has 19 heavy (non-hydrogen) atoms. The molecule has 1 aliphatic carbocycles. The largest absolute Gasteiger partial charge is 0.397 e. The van der Waals surface area contributed by atoms with Crippen molar-refractivity contribution in [2.45, 2.75) is 38.6 Å². The van der Waals surface area contributed by atoms with Gasteiger partial charge < -0.3 is 10.6 Å². The summed E-state index contributed by atoms with van der Waals surface area (Å²) in [5.74, 6) is 0.0177. The summed E-state index contributed by atoms with van der Waals surface area (Å²) in [6.07, 6.45) is 7.91. The summed E-state index contributed by atoms with van der Waals surface area (Å²) in [6, 6.07) is 2.04. The molecule has 2 rings (SSSR count). The highest BCUT2D eigenvalue weighted by Crippen LogP contribution is 2.25. The summed E-state index contributed by atoms with van der Waals surface area (Å²) in [6.45, 7) is 6.18. The van der Waals surface area contributed by atoms with Crippen molar-refractivity contribution in [1.82, 2.24) is 9.88 Å². The lowest BCUT2D eigenvalue weighted by Crippen LogP contribution is -2.39. The molecular weight excluding hydrogens is 238 g/mol. The highest BCUT2D eigenvalue weighted by molar-refractivity contribution is 5.96. The van der Waals surface area contributed by atoms with E-state index in [2.05, 4.69) is 11.6 Å². The van der Waals surface area contributed by atoms with Crippen LogP contribution in [0.3, 0.4) is 0 Å². The minimum absolute atomic E-state index is 0.0177. The summed E-state index contributed by atoms with van der Waals surface area (Å²) < 4.78 is 0. The molecule has 4 heteroatoms. The molecule has 4 nitrogen and oxygen atoms in total. The zero-order chi connectivity index (χ0) is 13.8. The monoisotopic (exact) mass is 259 g/mol. The van der Waals surface area contributed by atoms with Crippen LogP contribution in [0, 0.1) is 6.92 Å². The summed E-state index contributed by atoms with van der Waals surface area (Å²) in [4.78, 5) is 18.8. The standard InChI is InChI=1S/C15H21N3O/c1-3-8-18(13-6-4-5-7-13)15(19)14-9-12(16)10-17-11(14)2/h3,9-10,13H,1,4-8,16H2,2H3. The molecule has 0 saturated heterocycles. The normalized spacial score (nSPS) is 15.4. The Morgan fingerprint density at radius 2 is 2.26 bits per heavy atom. The Hall–Kier alpha value is -1.84. The molecule has 1 aromatic heterocycles. The van der Waals surface area contributed by atoms with Gasteiger partial charge in [0.15, 0.2) is 0 Å². The summed E-state index contributed by atoms with van der Waals surface area (Å²) in [5.41, 5.74) is 7.60. The SMILES string of the molecule is C=CCN(C(=O)c1cc(N)cnc1C)C1CCCC1. The van der Waals surface area contributed by atoms with Crippen molar-refractivity contribution in [3.63, 3.8) is 0 Å². The minimum Gasteiger partial charge on any atom is -0.397 e. The van der Waals surface area contributed by atoms with E-state index in [1.54, 1.807) is 18.3 Å². The van der Waals surface area contributed by atoms with Crippen molar-refractivity contribution in [2.24, 2.45) is 0 Å². The van der Waals surface area contributed by atoms with E-state index in [-0.39, 0.29) is 5.91 Å². The predicted molar refractivity (Wildman–Crippen MR) is 76.9 cm³/mol. The van der Waals surface area contributed by atoms with Crippen molar-refractivity contribution < 1.29 is 4.79 Å². The Morgan fingerprint density at radius 3 is 2.89 bits per heavy atom. The average molecular weight is 259 g/mol. The van der Waals surface area contributed by atoms with E-state index < -0.39 is 0 Å². The number of rotatable bonds is 4. The molecule has 1 heterocycles. The van der Waals surface area contributed by atoms with Gasteiger partial charge in [-0.25, -0.2) is 0 Å². The number of hydrogen-bond acceptors (Lipinski definition) is 3. The zero-order valence-electron chi connectivity index (χ0n) is 11.4. The van der Waals surface area contributed by atoms with Crippen LogP contribution in [-0.2, 0) is 0 Å². The Bertz CT molecular complexity index is 478. The van der Waals surface area contributed by atoms with Gasteiger partial charge in [0.2, 0.25) is 0 Å². The summed E-state index contributed by atoms with van der Waals surface area (Å²) in [5, 5.41) is 0. The van der Waals surface area contributed by atoms with Crippen LogP contribution in [-0.4, -0.2) is 28.4 Å². The first-order chi connectivity index (χ1) is 9.13. The van der Waals surface area contributed by atoms with Crippen LogP contribution in [0.4, 0.5) is 5.69 Å². The van der Waals surface area contributed by atoms with Gasteiger partial charge in [0.25, 0.3) is 5.91 Å². The molecule has 102 valence electrons. The van der Waals surface area contributed by atoms with Gasteiger partial charge >= 0.3 is 0 Å². The predicted octanol–water partition coefficient (Wildman–Crippen LogP) is 2.54. The fourth-order valence-electron chi connectivity index (χ4n) is 2.67. The van der Waals surface area contributed by atoms with Gasteiger partial charge in [-0.05, 0) is 25.8 Å². The molecule has 0 aromatic carbocycles. The Labute approximate surface area is 114 Å². The first-order valence-electron chi connectivity index (χ1n) is 6.77. The van der Waals surface area contributed by atoms with Crippen molar-refractivity contribution in [1.29, 1.82) is 0 Å². The number of carbonyl (C=O) groups excluding carboxylic acids is 1. The number of hydrogen-bond donors (Lipinski definition) is 1. The van der Waals surface area contributed by atoms with Gasteiger partial charge in [-0.3, -0.25) is 9.78 Å². The zero-order valence-corrected chi connectivity index (χ0v) is 11.4. The third-order valence-corrected chi connectivity index (χ3v) is 3.69. The van der Waals surface area contributed by atoms with Gasteiger partial charge in [0.05, 0.1) is 23.1 Å². The number of nitrogens with two attached hydrogens (primary N) is 1. The second kappa shape index (κ2) is 5.87. The number of anilines is 1. The van der Waals surface area contributed by atoms with Gasteiger partial charge in [0.1, 0.15) is 0 Å². The van der Waals surface area contributed by atoms with Crippen LogP contribution in [0.25, 0.3) is 0 Å². The smallest absolute Gasteiger partial charge is 0.256 e. The van der Waals surface area contributed by atoms with E-state index in [9.17, 15) is 4.79 Å². The number of aromatic nitrogens is 1. The Kier molecular flexibility index (Phi) is 4.20. The first-order valence-corrected chi connectivity index (χ1v) is 6.77. The van der Waals surface area contributed by atoms with E-state index in [1.807, 2.05) is 11.8 Å². The second-order valence-corrected chi connectivity index (χ2v) is 5.09. The van der Waals surface area contributed by atoms with Crippen molar-refractivity contribution >= 4 is 11.6 Å². The van der Waals surface area contributed by atoms with Gasteiger partial charge in [0, 0.05) is 12.6 Å². The van der Waals surface area contributed by atoms with E-state index in [0.29, 0.717) is 23.8 Å². The third kappa shape index (κ3) is 2.95. The van der Waals surface area contributed by atoms with Gasteiger partial charge in [-0.15, -0.1) is 6.58 Å². The fourth-order valence-corrected chi connectivity index (χ4v) is 2.67. The number of nitrogen functional groups attached to an aromatic ring is 1. The van der Waals surface area contributed by atoms with E-state index in [1.165, 1.54) is 12.8 Å². The second-order valence-electron chi connectivity index (χ2n) is 5.09. The molecule has 2 N–H and O–H groups in total. The van der Waals surface area contributed by atoms with E-state index in [0.717, 1.165) is 18.5 Å².